The SMILES string of the molecule is CCc1ccc(Oc2ccc(Cn3c(=O)[nH]c4c(N)nc(C)nc43)cn2)cn1. The molecule has 0 aliphatic heterocycles. The average Bonchev–Trinajstić information content (AvgIpc) is 3.00. The Kier molecular flexibility index (Phi) is 4.48. The second-order valence-corrected chi connectivity index (χ2v) is 6.32. The molecule has 0 saturated heterocycles. The number of hydrogen-bond donors (Lipinski definition) is 2. The molecule has 4 aromatic heterocycles. The summed E-state index contributed by atoms with van der Waals surface area (Å²) >= 11 is 0. The van der Waals surface area contributed by atoms with E-state index in [2.05, 4.69) is 24.9 Å². The maximum Gasteiger partial charge on any atom is 0.328 e. The van der Waals surface area contributed by atoms with Gasteiger partial charge in [-0.3, -0.25) is 9.55 Å². The summed E-state index contributed by atoms with van der Waals surface area (Å²) in [6, 6.07) is 7.37. The smallest absolute Gasteiger partial charge is 0.328 e. The first kappa shape index (κ1) is 17.7. The number of aromatic amines is 1. The largest absolute Gasteiger partial charge is 0.437 e. The number of nitrogens with zero attached hydrogens (tertiary/aromatic N) is 5. The lowest BCUT2D eigenvalue weighted by molar-refractivity contribution is 0.460. The van der Waals surface area contributed by atoms with Crippen molar-refractivity contribution < 1.29 is 4.74 Å². The minimum absolute atomic E-state index is 0.253. The minimum atomic E-state index is -0.302. The molecule has 0 radical (unpaired) electrons. The van der Waals surface area contributed by atoms with Gasteiger partial charge in [-0.05, 0) is 31.0 Å². The van der Waals surface area contributed by atoms with Crippen LogP contribution in [0, 0.1) is 6.92 Å². The van der Waals surface area contributed by atoms with Crippen LogP contribution in [0.3, 0.4) is 0 Å². The van der Waals surface area contributed by atoms with Gasteiger partial charge in [-0.15, -0.1) is 0 Å². The number of anilines is 1. The first-order chi connectivity index (χ1) is 13.5. The number of aryl methyl sites for hydroxylation is 2. The van der Waals surface area contributed by atoms with E-state index in [9.17, 15) is 4.79 Å². The van der Waals surface area contributed by atoms with Crippen LogP contribution in [0.5, 0.6) is 11.6 Å². The fourth-order valence-electron chi connectivity index (χ4n) is 2.86. The van der Waals surface area contributed by atoms with E-state index in [4.69, 9.17) is 10.5 Å². The summed E-state index contributed by atoms with van der Waals surface area (Å²) < 4.78 is 7.21. The molecule has 0 aliphatic carbocycles. The van der Waals surface area contributed by atoms with Crippen LogP contribution in [0.1, 0.15) is 24.0 Å². The van der Waals surface area contributed by atoms with Gasteiger partial charge >= 0.3 is 5.69 Å². The molecular formula is C19H19N7O2. The van der Waals surface area contributed by atoms with Crippen LogP contribution in [0.4, 0.5) is 5.82 Å². The summed E-state index contributed by atoms with van der Waals surface area (Å²) in [6.45, 7) is 4.08. The van der Waals surface area contributed by atoms with Crippen molar-refractivity contribution in [3.8, 4) is 11.6 Å². The molecule has 0 unspecified atom stereocenters. The van der Waals surface area contributed by atoms with E-state index < -0.39 is 0 Å². The maximum absolute atomic E-state index is 12.3. The van der Waals surface area contributed by atoms with Crippen LogP contribution in [-0.2, 0) is 13.0 Å². The zero-order valence-corrected chi connectivity index (χ0v) is 15.5. The van der Waals surface area contributed by atoms with E-state index in [-0.39, 0.29) is 11.5 Å². The van der Waals surface area contributed by atoms with Crippen LogP contribution < -0.4 is 16.2 Å². The van der Waals surface area contributed by atoms with E-state index in [1.54, 1.807) is 25.4 Å². The lowest BCUT2D eigenvalue weighted by atomic mass is 10.3. The van der Waals surface area contributed by atoms with Gasteiger partial charge in [-0.25, -0.2) is 19.7 Å². The molecule has 4 heterocycles. The number of aromatic nitrogens is 6. The normalized spacial score (nSPS) is 11.1. The first-order valence-corrected chi connectivity index (χ1v) is 8.84. The Bertz CT molecular complexity index is 1180. The molecule has 0 fully saturated rings. The third-order valence-corrected chi connectivity index (χ3v) is 4.28. The van der Waals surface area contributed by atoms with Crippen LogP contribution in [-0.4, -0.2) is 29.5 Å². The van der Waals surface area contributed by atoms with Gasteiger partial charge in [-0.2, -0.15) is 0 Å². The molecule has 4 aromatic rings. The summed E-state index contributed by atoms with van der Waals surface area (Å²) in [6.07, 6.45) is 4.20. The molecule has 0 atom stereocenters. The highest BCUT2D eigenvalue weighted by atomic mass is 16.5. The minimum Gasteiger partial charge on any atom is -0.437 e. The number of nitrogen functional groups attached to an aromatic ring is 1. The highest BCUT2D eigenvalue weighted by Gasteiger charge is 2.13. The molecule has 0 aromatic carbocycles. The Morgan fingerprint density at radius 3 is 2.68 bits per heavy atom. The van der Waals surface area contributed by atoms with Gasteiger partial charge in [0.25, 0.3) is 0 Å². The molecule has 9 heteroatoms. The van der Waals surface area contributed by atoms with Crippen molar-refractivity contribution >= 4 is 17.0 Å². The number of nitrogens with two attached hydrogens (primary N) is 1. The second-order valence-electron chi connectivity index (χ2n) is 6.32. The molecule has 0 aliphatic rings. The quantitative estimate of drug-likeness (QED) is 0.546. The Morgan fingerprint density at radius 1 is 1.14 bits per heavy atom. The Labute approximate surface area is 160 Å². The van der Waals surface area contributed by atoms with Gasteiger partial charge in [0.2, 0.25) is 5.88 Å². The molecule has 0 saturated carbocycles. The van der Waals surface area contributed by atoms with Crippen LogP contribution >= 0.6 is 0 Å². The molecule has 28 heavy (non-hydrogen) atoms. The predicted molar refractivity (Wildman–Crippen MR) is 104 cm³/mol. The number of pyridine rings is 2. The highest BCUT2D eigenvalue weighted by molar-refractivity contribution is 5.81. The lowest BCUT2D eigenvalue weighted by Crippen LogP contribution is -2.18. The van der Waals surface area contributed by atoms with Crippen molar-refractivity contribution in [3.05, 3.63) is 64.2 Å². The van der Waals surface area contributed by atoms with Gasteiger partial charge in [0, 0.05) is 18.0 Å². The standard InChI is InChI=1S/C19H19N7O2/c1-3-13-5-6-14(9-21-13)28-15-7-4-12(8-22-15)10-26-18-16(25-19(26)27)17(20)23-11(2)24-18/h4-9H,3,10H2,1-2H3,(H,25,27)(H2,20,23,24). The van der Waals surface area contributed by atoms with Crippen LogP contribution in [0.25, 0.3) is 11.2 Å². The fraction of sp³-hybridized carbons (Fsp3) is 0.211. The van der Waals surface area contributed by atoms with E-state index in [0.29, 0.717) is 35.2 Å². The highest BCUT2D eigenvalue weighted by Crippen LogP contribution is 2.20. The van der Waals surface area contributed by atoms with Crippen LogP contribution in [0.2, 0.25) is 0 Å². The molecule has 3 N–H and O–H groups in total. The zero-order valence-electron chi connectivity index (χ0n) is 15.5. The van der Waals surface area contributed by atoms with Crippen LogP contribution in [0.15, 0.2) is 41.5 Å². The number of ether oxygens (including phenoxy) is 1. The van der Waals surface area contributed by atoms with Crippen molar-refractivity contribution in [2.45, 2.75) is 26.8 Å². The molecule has 0 bridgehead atoms. The topological polar surface area (TPSA) is 125 Å². The maximum atomic E-state index is 12.3. The fourth-order valence-corrected chi connectivity index (χ4v) is 2.86. The number of imidazole rings is 1. The lowest BCUT2D eigenvalue weighted by Gasteiger charge is -2.07. The number of fused-ring (bicyclic) bond motifs is 1. The molecule has 4 rings (SSSR count). The number of H-pyrrole nitrogens is 1. The van der Waals surface area contributed by atoms with E-state index in [1.165, 1.54) is 4.57 Å². The zero-order chi connectivity index (χ0) is 19.7. The van der Waals surface area contributed by atoms with Gasteiger partial charge in [0.1, 0.15) is 17.1 Å². The Hall–Kier alpha value is -3.75. The Balaban J connectivity index is 1.56. The molecule has 142 valence electrons. The van der Waals surface area contributed by atoms with Crippen molar-refractivity contribution in [2.75, 3.05) is 5.73 Å². The van der Waals surface area contributed by atoms with E-state index in [0.717, 1.165) is 17.7 Å². The summed E-state index contributed by atoms with van der Waals surface area (Å²) in [5, 5.41) is 0. The van der Waals surface area contributed by atoms with E-state index in [1.807, 2.05) is 25.1 Å². The van der Waals surface area contributed by atoms with E-state index >= 15 is 0 Å². The first-order valence-electron chi connectivity index (χ1n) is 8.84. The van der Waals surface area contributed by atoms with Crippen molar-refractivity contribution in [2.24, 2.45) is 0 Å². The molecule has 0 spiro atoms. The van der Waals surface area contributed by atoms with Crippen molar-refractivity contribution in [1.29, 1.82) is 0 Å². The van der Waals surface area contributed by atoms with Crippen molar-refractivity contribution in [1.82, 2.24) is 29.5 Å². The predicted octanol–water partition coefficient (Wildman–Crippen LogP) is 2.20. The summed E-state index contributed by atoms with van der Waals surface area (Å²) in [5.74, 6) is 1.82. The van der Waals surface area contributed by atoms with Crippen molar-refractivity contribution in [3.63, 3.8) is 0 Å². The number of nitrogens with one attached hydrogen (secondary N) is 1. The number of hydrogen-bond acceptors (Lipinski definition) is 7. The average molecular weight is 377 g/mol. The Morgan fingerprint density at radius 2 is 2.00 bits per heavy atom. The third-order valence-electron chi connectivity index (χ3n) is 4.28. The summed E-state index contributed by atoms with van der Waals surface area (Å²) in [5.41, 5.74) is 8.30. The van der Waals surface area contributed by atoms with Gasteiger partial charge in [-0.1, -0.05) is 13.0 Å². The monoisotopic (exact) mass is 377 g/mol. The number of rotatable bonds is 5. The van der Waals surface area contributed by atoms with Gasteiger partial charge in [0.05, 0.1) is 12.7 Å². The molecule has 9 nitrogen and oxygen atoms in total. The third kappa shape index (κ3) is 3.41. The van der Waals surface area contributed by atoms with Gasteiger partial charge < -0.3 is 15.5 Å². The molecular weight excluding hydrogens is 358 g/mol. The summed E-state index contributed by atoms with van der Waals surface area (Å²) in [7, 11) is 0. The summed E-state index contributed by atoms with van der Waals surface area (Å²) in [4.78, 5) is 32.0. The second kappa shape index (κ2) is 7.10. The molecule has 0 amide bonds. The van der Waals surface area contributed by atoms with Gasteiger partial charge in [0.15, 0.2) is 11.5 Å².